The van der Waals surface area contributed by atoms with Crippen molar-refractivity contribution in [1.29, 1.82) is 0 Å². The average Bonchev–Trinajstić information content (AvgIpc) is 1.81. The van der Waals surface area contributed by atoms with E-state index in [0.717, 1.165) is 6.42 Å². The van der Waals surface area contributed by atoms with E-state index in [-0.39, 0.29) is 0 Å². The molecule has 0 spiro atoms. The van der Waals surface area contributed by atoms with Crippen molar-refractivity contribution in [3.05, 3.63) is 19.1 Å². The van der Waals surface area contributed by atoms with Gasteiger partial charge in [-0.2, -0.15) is 0 Å². The molecule has 0 unspecified atom stereocenters. The summed E-state index contributed by atoms with van der Waals surface area (Å²) < 4.78 is 0. The molecule has 0 aromatic carbocycles. The van der Waals surface area contributed by atoms with E-state index in [0.29, 0.717) is 0 Å². The second kappa shape index (κ2) is 6.74. The maximum absolute atomic E-state index is 3.76. The summed E-state index contributed by atoms with van der Waals surface area (Å²) in [4.78, 5) is 0. The largest absolute Gasteiger partial charge is 0.0917 e. The third-order valence-corrected chi connectivity index (χ3v) is 1.11. The van der Waals surface area contributed by atoms with Crippen molar-refractivity contribution < 1.29 is 0 Å². The summed E-state index contributed by atoms with van der Waals surface area (Å²) in [5.74, 6) is 0. The summed E-state index contributed by atoms with van der Waals surface area (Å²) in [7, 11) is 0. The third kappa shape index (κ3) is 5.74. The predicted octanol–water partition coefficient (Wildman–Crippen LogP) is 2.96. The lowest BCUT2D eigenvalue weighted by atomic mass is 10.2. The van der Waals surface area contributed by atoms with Gasteiger partial charge in [-0.15, -0.1) is 0 Å². The van der Waals surface area contributed by atoms with E-state index in [1.165, 1.54) is 19.3 Å². The van der Waals surface area contributed by atoms with Crippen LogP contribution in [0.2, 0.25) is 0 Å². The lowest BCUT2D eigenvalue weighted by Gasteiger charge is -1.88. The first-order chi connectivity index (χ1) is 3.91. The Morgan fingerprint density at radius 2 is 2.12 bits per heavy atom. The molecule has 0 N–H and O–H groups in total. The second-order valence-corrected chi connectivity index (χ2v) is 1.92. The molecule has 0 aliphatic rings. The van der Waals surface area contributed by atoms with Gasteiger partial charge >= 0.3 is 0 Å². The van der Waals surface area contributed by atoms with E-state index in [9.17, 15) is 0 Å². The zero-order chi connectivity index (χ0) is 6.24. The van der Waals surface area contributed by atoms with Crippen LogP contribution in [0, 0.1) is 6.92 Å². The van der Waals surface area contributed by atoms with Crippen LogP contribution in [0.4, 0.5) is 0 Å². The van der Waals surface area contributed by atoms with Crippen molar-refractivity contribution in [2.45, 2.75) is 32.6 Å². The first-order valence-corrected chi connectivity index (χ1v) is 3.32. The first-order valence-electron chi connectivity index (χ1n) is 3.32. The Balaban J connectivity index is 2.72. The summed E-state index contributed by atoms with van der Waals surface area (Å²) in [6.45, 7) is 5.82. The third-order valence-electron chi connectivity index (χ3n) is 1.11. The highest BCUT2D eigenvalue weighted by Gasteiger charge is 1.78. The molecular formula is C8H15. The van der Waals surface area contributed by atoms with Crippen molar-refractivity contribution in [2.75, 3.05) is 0 Å². The Kier molecular flexibility index (Phi) is 6.52. The van der Waals surface area contributed by atoms with Crippen molar-refractivity contribution in [3.8, 4) is 0 Å². The van der Waals surface area contributed by atoms with E-state index in [4.69, 9.17) is 0 Å². The van der Waals surface area contributed by atoms with Crippen molar-refractivity contribution >= 4 is 0 Å². The molecule has 0 aromatic heterocycles. The van der Waals surface area contributed by atoms with E-state index >= 15 is 0 Å². The molecule has 0 atom stereocenters. The fraction of sp³-hybridized carbons (Fsp3) is 0.625. The van der Waals surface area contributed by atoms with Crippen LogP contribution in [0.3, 0.4) is 0 Å². The molecule has 0 heteroatoms. The molecule has 0 amide bonds. The zero-order valence-electron chi connectivity index (χ0n) is 5.69. The SMILES string of the molecule is [CH2]CCCC/C=C\C. The van der Waals surface area contributed by atoms with E-state index in [1.54, 1.807) is 0 Å². The quantitative estimate of drug-likeness (QED) is 0.386. The highest BCUT2D eigenvalue weighted by Crippen LogP contribution is 1.98. The van der Waals surface area contributed by atoms with E-state index in [2.05, 4.69) is 26.0 Å². The molecule has 0 fully saturated rings. The lowest BCUT2D eigenvalue weighted by molar-refractivity contribution is 0.760. The van der Waals surface area contributed by atoms with Crippen LogP contribution in [0.5, 0.6) is 0 Å². The minimum atomic E-state index is 1.08. The van der Waals surface area contributed by atoms with Gasteiger partial charge in [-0.25, -0.2) is 0 Å². The molecule has 0 aliphatic heterocycles. The molecule has 0 aliphatic carbocycles. The van der Waals surface area contributed by atoms with Gasteiger partial charge < -0.3 is 0 Å². The molecule has 1 radical (unpaired) electrons. The number of hydrogen-bond donors (Lipinski definition) is 0. The molecule has 0 aromatic rings. The van der Waals surface area contributed by atoms with Gasteiger partial charge in [0.1, 0.15) is 0 Å². The van der Waals surface area contributed by atoms with Crippen LogP contribution in [0.15, 0.2) is 12.2 Å². The smallest absolute Gasteiger partial charge is 0.0351 e. The Morgan fingerprint density at radius 3 is 2.62 bits per heavy atom. The fourth-order valence-corrected chi connectivity index (χ4v) is 0.606. The molecule has 0 rings (SSSR count). The van der Waals surface area contributed by atoms with Crippen LogP contribution >= 0.6 is 0 Å². The highest BCUT2D eigenvalue weighted by atomic mass is 13.8. The van der Waals surface area contributed by atoms with Crippen LogP contribution in [0.1, 0.15) is 32.6 Å². The van der Waals surface area contributed by atoms with Crippen molar-refractivity contribution in [2.24, 2.45) is 0 Å². The monoisotopic (exact) mass is 111 g/mol. The number of hydrogen-bond acceptors (Lipinski definition) is 0. The van der Waals surface area contributed by atoms with Gasteiger partial charge in [-0.1, -0.05) is 31.9 Å². The minimum absolute atomic E-state index is 1.08. The van der Waals surface area contributed by atoms with Crippen LogP contribution in [0.25, 0.3) is 0 Å². The van der Waals surface area contributed by atoms with Gasteiger partial charge in [0.2, 0.25) is 0 Å². The zero-order valence-corrected chi connectivity index (χ0v) is 5.69. The van der Waals surface area contributed by atoms with Crippen LogP contribution in [-0.2, 0) is 0 Å². The normalized spacial score (nSPS) is 10.8. The van der Waals surface area contributed by atoms with Gasteiger partial charge in [0.15, 0.2) is 0 Å². The second-order valence-electron chi connectivity index (χ2n) is 1.92. The number of rotatable bonds is 4. The fourth-order valence-electron chi connectivity index (χ4n) is 0.606. The first kappa shape index (κ1) is 7.74. The molecule has 0 nitrogen and oxygen atoms in total. The van der Waals surface area contributed by atoms with Gasteiger partial charge in [-0.05, 0) is 19.8 Å². The standard InChI is InChI=1S/C8H15/c1-3-5-7-8-6-4-2/h4,6H,1,3,5,7-8H2,2H3/b6-4-. The van der Waals surface area contributed by atoms with E-state index < -0.39 is 0 Å². The summed E-state index contributed by atoms with van der Waals surface area (Å²) in [6.07, 6.45) is 9.18. The summed E-state index contributed by atoms with van der Waals surface area (Å²) in [5, 5.41) is 0. The lowest BCUT2D eigenvalue weighted by Crippen LogP contribution is -1.69. The van der Waals surface area contributed by atoms with Gasteiger partial charge in [0, 0.05) is 0 Å². The Bertz CT molecular complexity index is 53.1. The molecule has 47 valence electrons. The summed E-state index contributed by atoms with van der Waals surface area (Å²) in [5.41, 5.74) is 0. The maximum Gasteiger partial charge on any atom is -0.0351 e. The maximum atomic E-state index is 3.76. The van der Waals surface area contributed by atoms with Gasteiger partial charge in [0.25, 0.3) is 0 Å². The highest BCUT2D eigenvalue weighted by molar-refractivity contribution is 4.76. The number of allylic oxidation sites excluding steroid dienone is 2. The van der Waals surface area contributed by atoms with E-state index in [1.807, 2.05) is 0 Å². The average molecular weight is 111 g/mol. The van der Waals surface area contributed by atoms with Crippen LogP contribution in [-0.4, -0.2) is 0 Å². The van der Waals surface area contributed by atoms with Crippen molar-refractivity contribution in [1.82, 2.24) is 0 Å². The molecule has 0 saturated heterocycles. The Morgan fingerprint density at radius 1 is 1.38 bits per heavy atom. The predicted molar refractivity (Wildman–Crippen MR) is 38.6 cm³/mol. The minimum Gasteiger partial charge on any atom is -0.0917 e. The summed E-state index contributed by atoms with van der Waals surface area (Å²) >= 11 is 0. The molecule has 8 heavy (non-hydrogen) atoms. The van der Waals surface area contributed by atoms with Crippen LogP contribution < -0.4 is 0 Å². The molecule has 0 saturated carbocycles. The molecule has 0 heterocycles. The topological polar surface area (TPSA) is 0 Å². The Hall–Kier alpha value is -0.260. The Labute approximate surface area is 52.6 Å². The summed E-state index contributed by atoms with van der Waals surface area (Å²) in [6, 6.07) is 0. The van der Waals surface area contributed by atoms with Gasteiger partial charge in [0.05, 0.1) is 0 Å². The molecular weight excluding hydrogens is 96.1 g/mol. The number of unbranched alkanes of at least 4 members (excludes halogenated alkanes) is 3. The van der Waals surface area contributed by atoms with Crippen molar-refractivity contribution in [3.63, 3.8) is 0 Å². The molecule has 0 bridgehead atoms. The van der Waals surface area contributed by atoms with Gasteiger partial charge in [-0.3, -0.25) is 0 Å².